The monoisotopic (exact) mass is 550 g/mol. The van der Waals surface area contributed by atoms with Crippen LogP contribution in [0.25, 0.3) is 0 Å². The van der Waals surface area contributed by atoms with Crippen molar-refractivity contribution in [3.05, 3.63) is 0 Å². The average Bonchev–Trinajstić information content (AvgIpc) is 1.98. The molecule has 3 unspecified atom stereocenters. The SMILES string of the molecule is C[C](F)([Hf][CH](I)C(C)(F)C(F)(F)F)C(F)(F)F. The maximum absolute atomic E-state index is 13.3. The Kier molecular flexibility index (Phi) is 5.52. The van der Waals surface area contributed by atoms with Gasteiger partial charge < -0.3 is 0 Å². The van der Waals surface area contributed by atoms with Crippen LogP contribution in [-0.4, -0.2) is 23.1 Å². The minimum absolute atomic E-state index is 0.142. The molecule has 0 rings (SSSR count). The van der Waals surface area contributed by atoms with E-state index in [4.69, 9.17) is 0 Å². The van der Waals surface area contributed by atoms with Crippen molar-refractivity contribution < 1.29 is 58.0 Å². The van der Waals surface area contributed by atoms with Crippen LogP contribution in [-0.2, 0) is 22.9 Å². The van der Waals surface area contributed by atoms with Crippen LogP contribution >= 0.6 is 22.6 Å². The maximum atomic E-state index is 13.3. The van der Waals surface area contributed by atoms with Gasteiger partial charge in [-0.3, -0.25) is 0 Å². The third-order valence-electron chi connectivity index (χ3n) is 1.96. The molecule has 0 N–H and O–H groups in total. The number of alkyl halides is 9. The zero-order valence-electron chi connectivity index (χ0n) is 8.48. The molecule has 10 heteroatoms. The van der Waals surface area contributed by atoms with Gasteiger partial charge in [0.2, 0.25) is 0 Å². The Morgan fingerprint density at radius 3 is 1.41 bits per heavy atom. The summed E-state index contributed by atoms with van der Waals surface area (Å²) in [6.45, 7) is 0.317. The van der Waals surface area contributed by atoms with Crippen molar-refractivity contribution >= 4 is 22.6 Å². The Morgan fingerprint density at radius 2 is 1.18 bits per heavy atom. The van der Waals surface area contributed by atoms with E-state index in [2.05, 4.69) is 0 Å². The Morgan fingerprint density at radius 1 is 0.824 bits per heavy atom. The molecule has 17 heavy (non-hydrogen) atoms. The fourth-order valence-electron chi connectivity index (χ4n) is 0.599. The zero-order valence-corrected chi connectivity index (χ0v) is 14.2. The van der Waals surface area contributed by atoms with E-state index in [-0.39, 0.29) is 13.8 Å². The molecule has 0 spiro atoms. The van der Waals surface area contributed by atoms with E-state index in [9.17, 15) is 35.1 Å². The molecule has 0 heterocycles. The number of rotatable bonds is 3. The van der Waals surface area contributed by atoms with E-state index in [1.807, 2.05) is 0 Å². The fraction of sp³-hybridized carbons (Fsp3) is 1.00. The van der Waals surface area contributed by atoms with Gasteiger partial charge in [-0.2, -0.15) is 0 Å². The van der Waals surface area contributed by atoms with Gasteiger partial charge in [0.05, 0.1) is 0 Å². The van der Waals surface area contributed by atoms with Crippen LogP contribution in [0.2, 0.25) is 0 Å². The summed E-state index contributed by atoms with van der Waals surface area (Å²) in [6.07, 6.45) is -10.5. The third-order valence-corrected chi connectivity index (χ3v) is 11.5. The number of halogens is 9. The normalized spacial score (nSPS) is 22.5. The molecule has 0 aliphatic rings. The molecule has 0 bridgehead atoms. The van der Waals surface area contributed by atoms with Crippen LogP contribution in [0.1, 0.15) is 13.8 Å². The van der Waals surface area contributed by atoms with Crippen LogP contribution in [0.4, 0.5) is 35.1 Å². The molecule has 3 atom stereocenters. The van der Waals surface area contributed by atoms with Crippen LogP contribution in [0.15, 0.2) is 0 Å². The molecule has 0 aliphatic heterocycles. The summed E-state index contributed by atoms with van der Waals surface area (Å²) in [6, 6.07) is 0. The number of hydrogen-bond donors (Lipinski definition) is 0. The van der Waals surface area contributed by atoms with Crippen molar-refractivity contribution in [3.63, 3.8) is 0 Å². The summed E-state index contributed by atoms with van der Waals surface area (Å²) in [5.41, 5.74) is -3.80. The summed E-state index contributed by atoms with van der Waals surface area (Å²) >= 11 is -2.67. The van der Waals surface area contributed by atoms with Gasteiger partial charge in [-0.15, -0.1) is 0 Å². The van der Waals surface area contributed by atoms with Crippen molar-refractivity contribution in [2.45, 2.75) is 37.0 Å². The first-order valence-electron chi connectivity index (χ1n) is 4.06. The first-order chi connectivity index (χ1) is 7.13. The Hall–Kier alpha value is 1.04. The Labute approximate surface area is 117 Å². The topological polar surface area (TPSA) is 0 Å². The minimum atomic E-state index is -5.30. The summed E-state index contributed by atoms with van der Waals surface area (Å²) < 4.78 is 93.9. The van der Waals surface area contributed by atoms with Gasteiger partial charge in [0, 0.05) is 0 Å². The van der Waals surface area contributed by atoms with Crippen molar-refractivity contribution in [1.29, 1.82) is 0 Å². The van der Waals surface area contributed by atoms with Gasteiger partial charge in [0.15, 0.2) is 0 Å². The van der Waals surface area contributed by atoms with E-state index >= 15 is 0 Å². The van der Waals surface area contributed by atoms with Crippen molar-refractivity contribution in [1.82, 2.24) is 0 Å². The molecule has 0 aromatic rings. The molecule has 0 amide bonds. The van der Waals surface area contributed by atoms with Crippen molar-refractivity contribution in [3.8, 4) is 0 Å². The second-order valence-electron chi connectivity index (χ2n) is 3.58. The molecule has 0 aliphatic carbocycles. The van der Waals surface area contributed by atoms with E-state index in [0.29, 0.717) is 0 Å². The zero-order chi connectivity index (χ0) is 14.3. The molecular weight excluding hydrogens is 541 g/mol. The molecule has 0 radical (unpaired) electrons. The molecule has 0 fully saturated rings. The predicted octanol–water partition coefficient (Wildman–Crippen LogP) is 4.37. The Balaban J connectivity index is 4.95. The molecule has 0 aromatic heterocycles. The van der Waals surface area contributed by atoms with Gasteiger partial charge in [-0.1, -0.05) is 0 Å². The van der Waals surface area contributed by atoms with Crippen LogP contribution in [0.3, 0.4) is 0 Å². The standard InChI is InChI=1S/C4H4F4I.C3H3F4.Hf/c1-3(5,2-9)4(6,7)8;1-2(4)3(5,6)7;/h2H,1H3;1H3;. The molecule has 0 aromatic carbocycles. The Bertz CT molecular complexity index is 268. The molecule has 0 nitrogen and oxygen atoms in total. The summed E-state index contributed by atoms with van der Waals surface area (Å²) in [4.78, 5) is 0. The van der Waals surface area contributed by atoms with Gasteiger partial charge >= 0.3 is 118 Å². The molecule has 0 saturated carbocycles. The molecule has 0 saturated heterocycles. The summed E-state index contributed by atoms with van der Waals surface area (Å²) in [5, 5.41) is 0. The van der Waals surface area contributed by atoms with E-state index < -0.39 is 46.0 Å². The first-order valence-corrected chi connectivity index (χ1v) is 9.17. The van der Waals surface area contributed by atoms with Crippen LogP contribution in [0.5, 0.6) is 0 Å². The second kappa shape index (κ2) is 5.20. The number of hydrogen-bond acceptors (Lipinski definition) is 0. The average molecular weight is 549 g/mol. The van der Waals surface area contributed by atoms with Crippen molar-refractivity contribution in [2.24, 2.45) is 0 Å². The quantitative estimate of drug-likeness (QED) is 0.213. The van der Waals surface area contributed by atoms with Gasteiger partial charge in [0.25, 0.3) is 0 Å². The van der Waals surface area contributed by atoms with Gasteiger partial charge in [-0.05, 0) is 0 Å². The summed E-state index contributed by atoms with van der Waals surface area (Å²) in [7, 11) is 0. The first kappa shape index (κ1) is 18.0. The second-order valence-corrected chi connectivity index (χ2v) is 15.5. The van der Waals surface area contributed by atoms with Gasteiger partial charge in [-0.25, -0.2) is 0 Å². The summed E-state index contributed by atoms with van der Waals surface area (Å²) in [5.74, 6) is 0. The van der Waals surface area contributed by atoms with E-state index in [1.165, 1.54) is 0 Å². The van der Waals surface area contributed by atoms with E-state index in [1.54, 1.807) is 0 Å². The van der Waals surface area contributed by atoms with Crippen LogP contribution < -0.4 is 0 Å². The van der Waals surface area contributed by atoms with Crippen LogP contribution in [0, 0.1) is 0 Å². The predicted molar refractivity (Wildman–Crippen MR) is 48.9 cm³/mol. The fourth-order valence-corrected chi connectivity index (χ4v) is 9.60. The van der Waals surface area contributed by atoms with Crippen molar-refractivity contribution in [2.75, 3.05) is 0 Å². The third kappa shape index (κ3) is 4.27. The van der Waals surface area contributed by atoms with Gasteiger partial charge in [0.1, 0.15) is 0 Å². The molecule has 102 valence electrons. The molecular formula is C7H7F8HfI. The van der Waals surface area contributed by atoms with E-state index in [0.717, 1.165) is 22.6 Å².